The minimum absolute atomic E-state index is 0.188. The molecule has 26 aromatic rings. The van der Waals surface area contributed by atoms with Crippen molar-refractivity contribution in [2.45, 2.75) is 64.7 Å². The van der Waals surface area contributed by atoms with Crippen molar-refractivity contribution in [2.75, 3.05) is 0 Å². The van der Waals surface area contributed by atoms with E-state index in [0.29, 0.717) is 0 Å². The fraction of sp³-hybridized carbons (Fsp3) is 0.0685. The Morgan fingerprint density at radius 2 is 0.390 bits per heavy atom. The maximum Gasteiger partial charge on any atom is 0.0725 e. The Balaban J connectivity index is 0.0000000898. The second kappa shape index (κ2) is 37.0. The highest BCUT2D eigenvalue weighted by Gasteiger charge is 2.54. The first-order valence-corrected chi connectivity index (χ1v) is 51.3. The molecule has 0 fully saturated rings. The molecule has 0 saturated heterocycles. The van der Waals surface area contributed by atoms with Crippen LogP contribution >= 0.6 is 0 Å². The van der Waals surface area contributed by atoms with Gasteiger partial charge in [-0.25, -0.2) is 0 Å². The van der Waals surface area contributed by atoms with Crippen LogP contribution in [0, 0.1) is 48.5 Å². The van der Waals surface area contributed by atoms with E-state index in [1.165, 1.54) is 269 Å². The van der Waals surface area contributed by atoms with E-state index < -0.39 is 0 Å². The summed E-state index contributed by atoms with van der Waals surface area (Å²) in [6.07, 6.45) is 0. The SMILES string of the molecule is Cc1c2ccccc2c(-c2ccccc2)c2ccccc12.Cc1c2ccccc2cc2ccccc12.Cc1cc2ccc3cccc4ccc(c1)c2c34.Cc1ccc2c(c1)-c1ccccc1C21c2ccccc2-c2ccccc21.Cc1ccc2c(c1)C(c1ccccc1)(c1ccccc1)c1ccccc1-2.Cc1ccc2c(c1)C1(c3ccccc3-c3ccccc31)c1ccccc1-2.Cc1ccc2cc3ccccc3cc2c1. The molecule has 0 unspecified atom stereocenters. The summed E-state index contributed by atoms with van der Waals surface area (Å²) in [5, 5.41) is 24.2. The molecule has 31 rings (SSSR count). The maximum atomic E-state index is 2.40. The van der Waals surface area contributed by atoms with Gasteiger partial charge in [0.05, 0.1) is 16.2 Å². The van der Waals surface area contributed by atoms with Crippen molar-refractivity contribution in [1.82, 2.24) is 0 Å². The zero-order chi connectivity index (χ0) is 98.3. The summed E-state index contributed by atoms with van der Waals surface area (Å²) in [4.78, 5) is 0. The van der Waals surface area contributed by atoms with E-state index in [4.69, 9.17) is 0 Å². The van der Waals surface area contributed by atoms with E-state index in [2.05, 4.69) is 576 Å². The van der Waals surface area contributed by atoms with Gasteiger partial charge in [-0.1, -0.05) is 532 Å². The Kier molecular flexibility index (Phi) is 22.7. The third-order valence-electron chi connectivity index (χ3n) is 31.7. The number of rotatable bonds is 3. The Bertz CT molecular complexity index is 9160. The largest absolute Gasteiger partial charge is 0.0725 e. The van der Waals surface area contributed by atoms with Crippen molar-refractivity contribution in [3.05, 3.63) is 633 Å². The van der Waals surface area contributed by atoms with Crippen molar-refractivity contribution in [3.8, 4) is 66.8 Å². The van der Waals surface area contributed by atoms with Crippen LogP contribution in [0.3, 0.4) is 0 Å². The lowest BCUT2D eigenvalue weighted by molar-refractivity contribution is 0.767. The Labute approximate surface area is 855 Å². The van der Waals surface area contributed by atoms with Gasteiger partial charge in [0.1, 0.15) is 0 Å². The van der Waals surface area contributed by atoms with Crippen molar-refractivity contribution >= 4 is 97.0 Å². The van der Waals surface area contributed by atoms with E-state index in [-0.39, 0.29) is 16.2 Å². The molecule has 5 aliphatic rings. The molecule has 0 nitrogen and oxygen atoms in total. The molecule has 26 aromatic carbocycles. The van der Waals surface area contributed by atoms with Gasteiger partial charge in [-0.05, 0) is 314 Å². The molecule has 0 bridgehead atoms. The third-order valence-corrected chi connectivity index (χ3v) is 31.7. The maximum absolute atomic E-state index is 2.40. The predicted octanol–water partition coefficient (Wildman–Crippen LogP) is 38.5. The summed E-state index contributed by atoms with van der Waals surface area (Å²) in [5.74, 6) is 0. The van der Waals surface area contributed by atoms with Crippen LogP contribution in [0.2, 0.25) is 0 Å². The first kappa shape index (κ1) is 89.7. The van der Waals surface area contributed by atoms with Crippen LogP contribution < -0.4 is 0 Å². The van der Waals surface area contributed by atoms with Gasteiger partial charge in [0.25, 0.3) is 0 Å². The van der Waals surface area contributed by atoms with Crippen molar-refractivity contribution in [1.29, 1.82) is 0 Å². The first-order chi connectivity index (χ1) is 71.8. The quantitative estimate of drug-likeness (QED) is 0.122. The minimum atomic E-state index is -0.263. The molecular weight excluding hydrogens is 1750 g/mol. The number of hydrogen-bond donors (Lipinski definition) is 0. The molecule has 146 heavy (non-hydrogen) atoms. The van der Waals surface area contributed by atoms with E-state index >= 15 is 0 Å². The smallest absolute Gasteiger partial charge is 0.0622 e. The molecule has 0 saturated carbocycles. The Morgan fingerprint density at radius 1 is 0.130 bits per heavy atom. The zero-order valence-electron chi connectivity index (χ0n) is 83.2. The lowest BCUT2D eigenvalue weighted by Gasteiger charge is -2.34. The molecule has 2 spiro atoms. The van der Waals surface area contributed by atoms with Crippen LogP contribution in [-0.4, -0.2) is 0 Å². The molecule has 692 valence electrons. The summed E-state index contributed by atoms with van der Waals surface area (Å²) >= 11 is 0. The highest BCUT2D eigenvalue weighted by atomic mass is 14.5. The molecule has 0 N–H and O–H groups in total. The molecule has 5 aliphatic carbocycles. The van der Waals surface area contributed by atoms with Gasteiger partial charge in [-0.2, -0.15) is 0 Å². The van der Waals surface area contributed by atoms with E-state index in [9.17, 15) is 0 Å². The first-order valence-electron chi connectivity index (χ1n) is 51.3. The number of hydrogen-bond acceptors (Lipinski definition) is 0. The number of benzene rings is 26. The molecule has 0 amide bonds. The predicted molar refractivity (Wildman–Crippen MR) is 622 cm³/mol. The van der Waals surface area contributed by atoms with Gasteiger partial charge in [0.2, 0.25) is 0 Å². The average Bonchev–Trinajstić information content (AvgIpc) is 1.51. The number of fused-ring (bicyclic) bond motifs is 29. The topological polar surface area (TPSA) is 0 Å². The van der Waals surface area contributed by atoms with Crippen molar-refractivity contribution in [3.63, 3.8) is 0 Å². The van der Waals surface area contributed by atoms with Crippen LogP contribution in [0.25, 0.3) is 164 Å². The summed E-state index contributed by atoms with van der Waals surface area (Å²) in [6, 6.07) is 192. The van der Waals surface area contributed by atoms with E-state index in [1.807, 2.05) is 0 Å². The van der Waals surface area contributed by atoms with Crippen LogP contribution in [-0.2, 0) is 16.2 Å². The summed E-state index contributed by atoms with van der Waals surface area (Å²) in [5.41, 5.74) is 41.7. The van der Waals surface area contributed by atoms with Gasteiger partial charge in [0.15, 0.2) is 0 Å². The molecule has 0 aliphatic heterocycles. The molecule has 0 heterocycles. The lowest BCUT2D eigenvalue weighted by atomic mass is 9.67. The highest BCUT2D eigenvalue weighted by Crippen LogP contribution is 2.65. The van der Waals surface area contributed by atoms with E-state index in [1.54, 1.807) is 0 Å². The molecule has 0 atom stereocenters. The summed E-state index contributed by atoms with van der Waals surface area (Å²) in [6.45, 7) is 15.3. The Hall–Kier alpha value is -17.7. The molecular formula is C146H108. The average molecular weight is 1860 g/mol. The minimum Gasteiger partial charge on any atom is -0.0622 e. The van der Waals surface area contributed by atoms with Crippen LogP contribution in [0.5, 0.6) is 0 Å². The fourth-order valence-corrected chi connectivity index (χ4v) is 25.5. The van der Waals surface area contributed by atoms with Crippen LogP contribution in [0.4, 0.5) is 0 Å². The second-order valence-corrected chi connectivity index (χ2v) is 40.2. The van der Waals surface area contributed by atoms with Crippen LogP contribution in [0.15, 0.2) is 528 Å². The van der Waals surface area contributed by atoms with Gasteiger partial charge >= 0.3 is 0 Å². The standard InChI is InChI=1S/2C26H18.C26H20.C21H16.C17H12.2C15H12/c1-17-14-15-25-21(16-17)20-10-4-7-13-24(20)26(25)22-11-5-2-8-18(22)19-9-3-6-12-23(19)26;1-17-14-15-21-20-10-4-7-13-24(20)26(25(21)16-17)22-11-5-2-8-18(22)19-9-3-6-12-23(19)26;1-19-16-17-23-22-14-8-9-15-24(22)26(25(23)18-19,20-10-4-2-5-11-20)21-12-6-3-7-13-21;1-15-17-11-5-7-13-19(17)21(16-9-3-2-4-10-16)20-14-8-6-12-18(15)20;1-11-9-14-7-5-12-3-2-4-13-6-8-15(10-11)17(14)16(12)13;1-11-14-8-4-2-6-12(14)10-13-7-3-5-9-15(11)13;1-11-6-7-14-9-12-4-2-3-5-13(12)10-15(14)8-11/h2*2-16H,1H3;2-18H,1H3;2-14H,1H3;2-10H,1H3;2*2-10H,1H3. The monoisotopic (exact) mass is 1860 g/mol. The zero-order valence-corrected chi connectivity index (χ0v) is 83.2. The molecule has 0 heteroatoms. The lowest BCUT2D eigenvalue weighted by Crippen LogP contribution is -2.28. The van der Waals surface area contributed by atoms with E-state index in [0.717, 1.165) is 0 Å². The van der Waals surface area contributed by atoms with Gasteiger partial charge in [-0.15, -0.1) is 0 Å². The number of aryl methyl sites for hydroxylation is 7. The summed E-state index contributed by atoms with van der Waals surface area (Å²) in [7, 11) is 0. The second-order valence-electron chi connectivity index (χ2n) is 40.2. The molecule has 0 radical (unpaired) electrons. The van der Waals surface area contributed by atoms with Gasteiger partial charge in [0, 0.05) is 0 Å². The normalized spacial score (nSPS) is 12.9. The highest BCUT2D eigenvalue weighted by molar-refractivity contribution is 6.23. The van der Waals surface area contributed by atoms with Crippen molar-refractivity contribution < 1.29 is 0 Å². The summed E-state index contributed by atoms with van der Waals surface area (Å²) < 4.78 is 0. The van der Waals surface area contributed by atoms with Crippen molar-refractivity contribution in [2.24, 2.45) is 0 Å². The third kappa shape index (κ3) is 14.8. The fourth-order valence-electron chi connectivity index (χ4n) is 25.5. The van der Waals surface area contributed by atoms with Gasteiger partial charge in [-0.3, -0.25) is 0 Å². The molecule has 0 aromatic heterocycles. The van der Waals surface area contributed by atoms with Gasteiger partial charge < -0.3 is 0 Å². The van der Waals surface area contributed by atoms with Crippen LogP contribution in [0.1, 0.15) is 106 Å². The Morgan fingerprint density at radius 3 is 0.836 bits per heavy atom.